The fraction of sp³-hybridized carbons (Fsp3) is 0.467. The molecule has 0 unspecified atom stereocenters. The Morgan fingerprint density at radius 3 is 2.75 bits per heavy atom. The van der Waals surface area contributed by atoms with Crippen LogP contribution in [0.1, 0.15) is 66.2 Å². The Hall–Kier alpha value is -1.62. The lowest BCUT2D eigenvalue weighted by Crippen LogP contribution is -2.28. The molecule has 2 heterocycles. The third-order valence-electron chi connectivity index (χ3n) is 3.12. The van der Waals surface area contributed by atoms with Gasteiger partial charge in [-0.05, 0) is 24.8 Å². The highest BCUT2D eigenvalue weighted by Gasteiger charge is 2.21. The van der Waals surface area contributed by atoms with Gasteiger partial charge in [-0.2, -0.15) is 0 Å². The highest BCUT2D eigenvalue weighted by atomic mass is 32.1. The van der Waals surface area contributed by atoms with E-state index in [0.717, 1.165) is 11.3 Å². The minimum absolute atomic E-state index is 0.0288. The number of rotatable bonds is 5. The molecular weight excluding hydrogens is 272 g/mol. The summed E-state index contributed by atoms with van der Waals surface area (Å²) in [7, 11) is 0. The molecule has 0 saturated heterocycles. The van der Waals surface area contributed by atoms with E-state index < -0.39 is 0 Å². The molecular formula is C15H20N2O2S. The monoisotopic (exact) mass is 292 g/mol. The first-order valence-corrected chi connectivity index (χ1v) is 7.72. The summed E-state index contributed by atoms with van der Waals surface area (Å²) in [5.74, 6) is 1.19. The average Bonchev–Trinajstić information content (AvgIpc) is 3.04. The molecule has 0 fully saturated rings. The van der Waals surface area contributed by atoms with E-state index in [1.54, 1.807) is 18.3 Å². The topological polar surface area (TPSA) is 55.1 Å². The highest BCUT2D eigenvalue weighted by molar-refractivity contribution is 7.10. The molecule has 5 heteroatoms. The van der Waals surface area contributed by atoms with Crippen molar-refractivity contribution in [3.63, 3.8) is 0 Å². The van der Waals surface area contributed by atoms with E-state index in [-0.39, 0.29) is 17.9 Å². The second-order valence-electron chi connectivity index (χ2n) is 5.06. The van der Waals surface area contributed by atoms with E-state index in [2.05, 4.69) is 17.2 Å². The Balaban J connectivity index is 2.15. The van der Waals surface area contributed by atoms with Crippen LogP contribution in [0.4, 0.5) is 0 Å². The number of aryl methyl sites for hydroxylation is 1. The van der Waals surface area contributed by atoms with Crippen LogP contribution in [0.2, 0.25) is 0 Å². The summed E-state index contributed by atoms with van der Waals surface area (Å²) >= 11 is 1.65. The van der Waals surface area contributed by atoms with Crippen LogP contribution in [-0.4, -0.2) is 10.9 Å². The van der Waals surface area contributed by atoms with Gasteiger partial charge in [0.05, 0.1) is 6.04 Å². The van der Waals surface area contributed by atoms with Crippen molar-refractivity contribution < 1.29 is 9.21 Å². The second-order valence-corrected chi connectivity index (χ2v) is 6.04. The molecule has 0 radical (unpaired) electrons. The number of oxazole rings is 1. The van der Waals surface area contributed by atoms with Crippen molar-refractivity contribution in [1.29, 1.82) is 0 Å². The van der Waals surface area contributed by atoms with E-state index in [1.807, 2.05) is 31.4 Å². The summed E-state index contributed by atoms with van der Waals surface area (Å²) < 4.78 is 5.53. The van der Waals surface area contributed by atoms with Crippen molar-refractivity contribution in [2.45, 2.75) is 46.1 Å². The lowest BCUT2D eigenvalue weighted by molar-refractivity contribution is 0.0930. The first-order valence-electron chi connectivity index (χ1n) is 6.84. The number of carbonyl (C=O) groups is 1. The molecule has 0 aliphatic rings. The van der Waals surface area contributed by atoms with Crippen LogP contribution in [0.5, 0.6) is 0 Å². The number of carbonyl (C=O) groups excluding carboxylic acids is 1. The maximum absolute atomic E-state index is 12.3. The van der Waals surface area contributed by atoms with Crippen molar-refractivity contribution in [3.05, 3.63) is 39.7 Å². The van der Waals surface area contributed by atoms with Crippen molar-refractivity contribution >= 4 is 17.2 Å². The molecule has 0 saturated carbocycles. The molecule has 2 rings (SSSR count). The first kappa shape index (κ1) is 14.8. The molecule has 0 aromatic carbocycles. The van der Waals surface area contributed by atoms with Gasteiger partial charge in [0.1, 0.15) is 5.76 Å². The Bertz CT molecular complexity index is 573. The lowest BCUT2D eigenvalue weighted by atomic mass is 10.2. The first-order chi connectivity index (χ1) is 9.52. The van der Waals surface area contributed by atoms with Crippen molar-refractivity contribution in [1.82, 2.24) is 10.3 Å². The largest absolute Gasteiger partial charge is 0.445 e. The molecule has 0 spiro atoms. The number of nitrogens with zero attached hydrogens (tertiary/aromatic N) is 1. The van der Waals surface area contributed by atoms with Crippen LogP contribution < -0.4 is 5.32 Å². The van der Waals surface area contributed by atoms with Crippen LogP contribution in [-0.2, 0) is 0 Å². The molecule has 2 aromatic heterocycles. The van der Waals surface area contributed by atoms with Crippen LogP contribution >= 0.6 is 11.3 Å². The van der Waals surface area contributed by atoms with Gasteiger partial charge in [0.15, 0.2) is 11.6 Å². The van der Waals surface area contributed by atoms with E-state index in [9.17, 15) is 4.79 Å². The Labute approximate surface area is 123 Å². The van der Waals surface area contributed by atoms with Crippen LogP contribution in [0, 0.1) is 6.92 Å². The van der Waals surface area contributed by atoms with Gasteiger partial charge in [-0.3, -0.25) is 4.79 Å². The fourth-order valence-corrected chi connectivity index (χ4v) is 2.83. The normalized spacial score (nSPS) is 12.7. The summed E-state index contributed by atoms with van der Waals surface area (Å²) in [5, 5.41) is 5.04. The summed E-state index contributed by atoms with van der Waals surface area (Å²) in [6.07, 6.45) is 0.847. The van der Waals surface area contributed by atoms with Crippen LogP contribution in [0.25, 0.3) is 0 Å². The highest BCUT2D eigenvalue weighted by Crippen LogP contribution is 2.23. The zero-order valence-corrected chi connectivity index (χ0v) is 13.1. The second kappa shape index (κ2) is 6.22. The van der Waals surface area contributed by atoms with Crippen LogP contribution in [0.15, 0.2) is 21.9 Å². The van der Waals surface area contributed by atoms with Gasteiger partial charge in [-0.25, -0.2) is 4.98 Å². The minimum atomic E-state index is -0.168. The standard InChI is InChI=1S/C15H20N2O2S/c1-5-11(12-7-6-8-20-12)16-14(18)13-10(4)19-15(17-13)9(2)3/h6-9,11H,5H2,1-4H3,(H,16,18)/t11-/m0/s1. The smallest absolute Gasteiger partial charge is 0.274 e. The van der Waals surface area contributed by atoms with Gasteiger partial charge in [-0.1, -0.05) is 26.8 Å². The average molecular weight is 292 g/mol. The fourth-order valence-electron chi connectivity index (χ4n) is 1.97. The van der Waals surface area contributed by atoms with E-state index >= 15 is 0 Å². The number of nitrogens with one attached hydrogen (secondary N) is 1. The summed E-state index contributed by atoms with van der Waals surface area (Å²) in [5.41, 5.74) is 0.392. The zero-order chi connectivity index (χ0) is 14.7. The minimum Gasteiger partial charge on any atom is -0.445 e. The predicted molar refractivity (Wildman–Crippen MR) is 80.1 cm³/mol. The molecule has 20 heavy (non-hydrogen) atoms. The lowest BCUT2D eigenvalue weighted by Gasteiger charge is -2.14. The van der Waals surface area contributed by atoms with Gasteiger partial charge < -0.3 is 9.73 Å². The number of aromatic nitrogens is 1. The van der Waals surface area contributed by atoms with Gasteiger partial charge >= 0.3 is 0 Å². The van der Waals surface area contributed by atoms with E-state index in [0.29, 0.717) is 17.3 Å². The zero-order valence-electron chi connectivity index (χ0n) is 12.3. The molecule has 0 aliphatic heterocycles. The van der Waals surface area contributed by atoms with E-state index in [4.69, 9.17) is 4.42 Å². The molecule has 0 bridgehead atoms. The van der Waals surface area contributed by atoms with Gasteiger partial charge in [-0.15, -0.1) is 11.3 Å². The Morgan fingerprint density at radius 2 is 2.25 bits per heavy atom. The van der Waals surface area contributed by atoms with Gasteiger partial charge in [0.25, 0.3) is 5.91 Å². The third kappa shape index (κ3) is 3.10. The molecule has 1 N–H and O–H groups in total. The number of amides is 1. The predicted octanol–water partition coefficient (Wildman–Crippen LogP) is 4.05. The molecule has 108 valence electrons. The molecule has 4 nitrogen and oxygen atoms in total. The maximum atomic E-state index is 12.3. The molecule has 0 aliphatic carbocycles. The van der Waals surface area contributed by atoms with Crippen molar-refractivity contribution in [2.24, 2.45) is 0 Å². The Morgan fingerprint density at radius 1 is 1.50 bits per heavy atom. The number of hydrogen-bond donors (Lipinski definition) is 1. The SMILES string of the molecule is CC[C@H](NC(=O)c1nc(C(C)C)oc1C)c1cccs1. The molecule has 1 amide bonds. The quantitative estimate of drug-likeness (QED) is 0.904. The molecule has 1 atom stereocenters. The van der Waals surface area contributed by atoms with Gasteiger partial charge in [0, 0.05) is 10.8 Å². The summed E-state index contributed by atoms with van der Waals surface area (Å²) in [6, 6.07) is 4.06. The number of thiophene rings is 1. The van der Waals surface area contributed by atoms with E-state index in [1.165, 1.54) is 0 Å². The Kier molecular flexibility index (Phi) is 4.60. The molecule has 2 aromatic rings. The summed E-state index contributed by atoms with van der Waals surface area (Å²) in [6.45, 7) is 7.82. The summed E-state index contributed by atoms with van der Waals surface area (Å²) in [4.78, 5) is 17.8. The van der Waals surface area contributed by atoms with Crippen LogP contribution in [0.3, 0.4) is 0 Å². The maximum Gasteiger partial charge on any atom is 0.274 e. The number of hydrogen-bond acceptors (Lipinski definition) is 4. The van der Waals surface area contributed by atoms with Gasteiger partial charge in [0.2, 0.25) is 0 Å². The van der Waals surface area contributed by atoms with Crippen molar-refractivity contribution in [3.8, 4) is 0 Å². The third-order valence-corrected chi connectivity index (χ3v) is 4.11. The van der Waals surface area contributed by atoms with Crippen molar-refractivity contribution in [2.75, 3.05) is 0 Å².